The highest BCUT2D eigenvalue weighted by Gasteiger charge is 2.44. The first-order valence-electron chi connectivity index (χ1n) is 8.86. The molecule has 0 unspecified atom stereocenters. The number of sulfonamides is 1. The minimum absolute atomic E-state index is 0.00782. The van der Waals surface area contributed by atoms with Crippen molar-refractivity contribution >= 4 is 27.5 Å². The Balaban J connectivity index is 1.84. The molecule has 1 fully saturated rings. The number of amides is 2. The van der Waals surface area contributed by atoms with Gasteiger partial charge in [-0.05, 0) is 49.6 Å². The maximum absolute atomic E-state index is 12.9. The van der Waals surface area contributed by atoms with E-state index >= 15 is 0 Å². The van der Waals surface area contributed by atoms with Crippen molar-refractivity contribution in [3.8, 4) is 0 Å². The molecule has 0 aromatic heterocycles. The van der Waals surface area contributed by atoms with Crippen molar-refractivity contribution in [1.29, 1.82) is 0 Å². The lowest BCUT2D eigenvalue weighted by atomic mass is 10.1. The molecule has 0 saturated carbocycles. The van der Waals surface area contributed by atoms with Crippen LogP contribution in [-0.2, 0) is 26.0 Å². The van der Waals surface area contributed by atoms with Gasteiger partial charge < -0.3 is 5.32 Å². The predicted molar refractivity (Wildman–Crippen MR) is 103 cm³/mol. The van der Waals surface area contributed by atoms with Crippen molar-refractivity contribution in [2.45, 2.75) is 44.0 Å². The number of carbonyl (C=O) groups is 2. The van der Waals surface area contributed by atoms with Crippen LogP contribution in [0.3, 0.4) is 0 Å². The van der Waals surface area contributed by atoms with Gasteiger partial charge in [0.2, 0.25) is 11.8 Å². The van der Waals surface area contributed by atoms with E-state index in [1.165, 1.54) is 12.1 Å². The van der Waals surface area contributed by atoms with E-state index in [-0.39, 0.29) is 17.7 Å². The first-order chi connectivity index (χ1) is 12.8. The number of anilines is 1. The Morgan fingerprint density at radius 3 is 2.33 bits per heavy atom. The Hall–Kier alpha value is -2.67. The van der Waals surface area contributed by atoms with Crippen LogP contribution in [0.5, 0.6) is 0 Å². The molecule has 1 saturated heterocycles. The first kappa shape index (κ1) is 19.1. The zero-order valence-corrected chi connectivity index (χ0v) is 16.1. The van der Waals surface area contributed by atoms with Crippen molar-refractivity contribution in [2.24, 2.45) is 0 Å². The molecule has 2 aromatic rings. The zero-order chi connectivity index (χ0) is 19.6. The minimum Gasteiger partial charge on any atom is -0.324 e. The number of nitrogens with zero attached hydrogens (tertiary/aromatic N) is 1. The van der Waals surface area contributed by atoms with E-state index in [2.05, 4.69) is 5.32 Å². The van der Waals surface area contributed by atoms with Crippen LogP contribution in [0.2, 0.25) is 0 Å². The van der Waals surface area contributed by atoms with Gasteiger partial charge in [0.25, 0.3) is 10.0 Å². The number of rotatable bonds is 5. The second-order valence-electron chi connectivity index (χ2n) is 6.60. The Morgan fingerprint density at radius 2 is 1.74 bits per heavy atom. The summed E-state index contributed by atoms with van der Waals surface area (Å²) in [5.74, 6) is -1.06. The summed E-state index contributed by atoms with van der Waals surface area (Å²) in [6, 6.07) is 12.5. The Morgan fingerprint density at radius 1 is 1.11 bits per heavy atom. The van der Waals surface area contributed by atoms with E-state index in [9.17, 15) is 18.0 Å². The summed E-state index contributed by atoms with van der Waals surface area (Å²) in [6.45, 7) is 3.88. The number of hydrogen-bond donors (Lipinski definition) is 1. The molecular formula is C20H22N2O4S. The molecule has 1 atom stereocenters. The van der Waals surface area contributed by atoms with Crippen LogP contribution in [0.15, 0.2) is 53.4 Å². The topological polar surface area (TPSA) is 83.6 Å². The van der Waals surface area contributed by atoms with Crippen molar-refractivity contribution in [2.75, 3.05) is 5.32 Å². The highest BCUT2D eigenvalue weighted by Crippen LogP contribution is 2.28. The van der Waals surface area contributed by atoms with Gasteiger partial charge in [-0.15, -0.1) is 0 Å². The Labute approximate surface area is 159 Å². The standard InChI is InChI=1S/C20H22N2O4S/c1-3-15-6-8-16(9-7-15)21-20(24)18-12-13-19(23)22(18)27(25,26)17-10-4-14(2)5-11-17/h4-11,18H,3,12-13H2,1-2H3,(H,21,24)/t18-/m1/s1. The molecule has 0 spiro atoms. The van der Waals surface area contributed by atoms with Crippen LogP contribution in [0.25, 0.3) is 0 Å². The molecule has 6 nitrogen and oxygen atoms in total. The van der Waals surface area contributed by atoms with Gasteiger partial charge in [0.05, 0.1) is 4.90 Å². The van der Waals surface area contributed by atoms with Crippen molar-refractivity contribution in [3.05, 3.63) is 59.7 Å². The zero-order valence-electron chi connectivity index (χ0n) is 15.3. The SMILES string of the molecule is CCc1ccc(NC(=O)[C@H]2CCC(=O)N2S(=O)(=O)c2ccc(C)cc2)cc1. The summed E-state index contributed by atoms with van der Waals surface area (Å²) < 4.78 is 26.6. The number of benzene rings is 2. The van der Waals surface area contributed by atoms with Gasteiger partial charge in [0, 0.05) is 12.1 Å². The number of carbonyl (C=O) groups excluding carboxylic acids is 2. The van der Waals surface area contributed by atoms with Gasteiger partial charge in [-0.2, -0.15) is 0 Å². The molecule has 1 N–H and O–H groups in total. The van der Waals surface area contributed by atoms with Crippen LogP contribution < -0.4 is 5.32 Å². The molecule has 0 aliphatic carbocycles. The molecular weight excluding hydrogens is 364 g/mol. The normalized spacial score (nSPS) is 17.2. The van der Waals surface area contributed by atoms with Crippen molar-refractivity contribution in [3.63, 3.8) is 0 Å². The largest absolute Gasteiger partial charge is 0.324 e. The van der Waals surface area contributed by atoms with Gasteiger partial charge in [-0.1, -0.05) is 36.8 Å². The van der Waals surface area contributed by atoms with E-state index < -0.39 is 27.9 Å². The highest BCUT2D eigenvalue weighted by molar-refractivity contribution is 7.89. The van der Waals surface area contributed by atoms with Crippen molar-refractivity contribution < 1.29 is 18.0 Å². The van der Waals surface area contributed by atoms with Gasteiger partial charge in [-0.25, -0.2) is 12.7 Å². The fourth-order valence-corrected chi connectivity index (χ4v) is 4.68. The molecule has 1 aliphatic rings. The summed E-state index contributed by atoms with van der Waals surface area (Å²) in [5.41, 5.74) is 2.61. The van der Waals surface area contributed by atoms with E-state index in [0.717, 1.165) is 21.9 Å². The van der Waals surface area contributed by atoms with Crippen LogP contribution in [-0.4, -0.2) is 30.6 Å². The molecule has 2 aromatic carbocycles. The quantitative estimate of drug-likeness (QED) is 0.856. The van der Waals surface area contributed by atoms with E-state index in [1.807, 2.05) is 26.0 Å². The molecule has 27 heavy (non-hydrogen) atoms. The monoisotopic (exact) mass is 386 g/mol. The average Bonchev–Trinajstić information content (AvgIpc) is 3.05. The Bertz CT molecular complexity index is 950. The predicted octanol–water partition coefficient (Wildman–Crippen LogP) is 2.88. The molecule has 1 aliphatic heterocycles. The van der Waals surface area contributed by atoms with Crippen LogP contribution in [0.1, 0.15) is 30.9 Å². The smallest absolute Gasteiger partial charge is 0.267 e. The lowest BCUT2D eigenvalue weighted by Crippen LogP contribution is -2.45. The van der Waals surface area contributed by atoms with Gasteiger partial charge in [0.15, 0.2) is 0 Å². The molecule has 7 heteroatoms. The molecule has 0 radical (unpaired) electrons. The second kappa shape index (κ2) is 7.52. The van der Waals surface area contributed by atoms with Gasteiger partial charge in [-0.3, -0.25) is 9.59 Å². The minimum atomic E-state index is -4.08. The number of hydrogen-bond acceptors (Lipinski definition) is 4. The maximum Gasteiger partial charge on any atom is 0.267 e. The third-order valence-electron chi connectivity index (χ3n) is 4.67. The fourth-order valence-electron chi connectivity index (χ4n) is 3.07. The molecule has 2 amide bonds. The third kappa shape index (κ3) is 3.88. The van der Waals surface area contributed by atoms with Gasteiger partial charge in [0.1, 0.15) is 6.04 Å². The second-order valence-corrected chi connectivity index (χ2v) is 8.42. The Kier molecular flexibility index (Phi) is 5.32. The summed E-state index contributed by atoms with van der Waals surface area (Å²) in [5, 5.41) is 2.72. The molecule has 142 valence electrons. The lowest BCUT2D eigenvalue weighted by Gasteiger charge is -2.23. The van der Waals surface area contributed by atoms with Crippen LogP contribution >= 0.6 is 0 Å². The maximum atomic E-state index is 12.9. The fraction of sp³-hybridized carbons (Fsp3) is 0.300. The van der Waals surface area contributed by atoms with E-state index in [0.29, 0.717) is 5.69 Å². The first-order valence-corrected chi connectivity index (χ1v) is 10.3. The summed E-state index contributed by atoms with van der Waals surface area (Å²) in [4.78, 5) is 25.0. The number of aryl methyl sites for hydroxylation is 2. The van der Waals surface area contributed by atoms with Crippen LogP contribution in [0, 0.1) is 6.92 Å². The van der Waals surface area contributed by atoms with Gasteiger partial charge >= 0.3 is 0 Å². The average molecular weight is 386 g/mol. The summed E-state index contributed by atoms with van der Waals surface area (Å²) >= 11 is 0. The van der Waals surface area contributed by atoms with E-state index in [1.54, 1.807) is 24.3 Å². The lowest BCUT2D eigenvalue weighted by molar-refractivity contribution is -0.128. The highest BCUT2D eigenvalue weighted by atomic mass is 32.2. The molecule has 0 bridgehead atoms. The number of nitrogens with one attached hydrogen (secondary N) is 1. The molecule has 1 heterocycles. The molecule has 3 rings (SSSR count). The summed E-state index contributed by atoms with van der Waals surface area (Å²) in [7, 11) is -4.08. The van der Waals surface area contributed by atoms with Crippen LogP contribution in [0.4, 0.5) is 5.69 Å². The summed E-state index contributed by atoms with van der Waals surface area (Å²) in [6.07, 6.45) is 1.08. The van der Waals surface area contributed by atoms with E-state index in [4.69, 9.17) is 0 Å². The van der Waals surface area contributed by atoms with Crippen molar-refractivity contribution in [1.82, 2.24) is 4.31 Å². The third-order valence-corrected chi connectivity index (χ3v) is 6.51.